The lowest BCUT2D eigenvalue weighted by Crippen LogP contribution is -2.16. The van der Waals surface area contributed by atoms with E-state index in [1.54, 1.807) is 0 Å². The smallest absolute Gasteiger partial charge is 0.0451 e. The van der Waals surface area contributed by atoms with Gasteiger partial charge >= 0.3 is 0 Å². The molecular weight excluding hydrogens is 323 g/mol. The zero-order chi connectivity index (χ0) is 12.3. The SMILES string of the molecule is Cc1cccnc1CC(N)c1ccccc1I. The summed E-state index contributed by atoms with van der Waals surface area (Å²) in [5.41, 5.74) is 9.73. The number of benzene rings is 1. The zero-order valence-electron chi connectivity index (χ0n) is 9.73. The van der Waals surface area contributed by atoms with E-state index in [4.69, 9.17) is 5.73 Å². The molecule has 3 heteroatoms. The molecule has 0 spiro atoms. The third-order valence-electron chi connectivity index (χ3n) is 2.84. The second-order valence-electron chi connectivity index (χ2n) is 4.10. The number of hydrogen-bond acceptors (Lipinski definition) is 2. The molecule has 0 saturated heterocycles. The molecule has 0 aliphatic carbocycles. The van der Waals surface area contributed by atoms with Crippen LogP contribution < -0.4 is 5.73 Å². The van der Waals surface area contributed by atoms with E-state index in [0.29, 0.717) is 0 Å². The first-order chi connectivity index (χ1) is 8.18. The molecular formula is C14H15IN2. The Bertz CT molecular complexity index is 511. The number of rotatable bonds is 3. The van der Waals surface area contributed by atoms with Crippen LogP contribution in [0.2, 0.25) is 0 Å². The Morgan fingerprint density at radius 1 is 1.24 bits per heavy atom. The van der Waals surface area contributed by atoms with Gasteiger partial charge in [-0.15, -0.1) is 0 Å². The van der Waals surface area contributed by atoms with Gasteiger partial charge < -0.3 is 5.73 Å². The van der Waals surface area contributed by atoms with Gasteiger partial charge in [-0.3, -0.25) is 4.98 Å². The Balaban J connectivity index is 2.20. The van der Waals surface area contributed by atoms with Crippen LogP contribution in [0.4, 0.5) is 0 Å². The summed E-state index contributed by atoms with van der Waals surface area (Å²) >= 11 is 2.33. The molecule has 1 atom stereocenters. The van der Waals surface area contributed by atoms with Crippen molar-refractivity contribution in [1.82, 2.24) is 4.98 Å². The van der Waals surface area contributed by atoms with Gasteiger partial charge in [-0.25, -0.2) is 0 Å². The van der Waals surface area contributed by atoms with E-state index in [1.807, 2.05) is 24.4 Å². The molecule has 2 rings (SSSR count). The maximum atomic E-state index is 6.25. The molecule has 88 valence electrons. The molecule has 0 aliphatic rings. The van der Waals surface area contributed by atoms with Crippen LogP contribution in [0, 0.1) is 10.5 Å². The van der Waals surface area contributed by atoms with Gasteiger partial charge in [0.1, 0.15) is 0 Å². The first kappa shape index (κ1) is 12.5. The quantitative estimate of drug-likeness (QED) is 0.873. The summed E-state index contributed by atoms with van der Waals surface area (Å²) in [5.74, 6) is 0. The number of pyridine rings is 1. The molecule has 1 aromatic carbocycles. The minimum atomic E-state index is 0.0108. The molecule has 1 heterocycles. The van der Waals surface area contributed by atoms with E-state index in [9.17, 15) is 0 Å². The van der Waals surface area contributed by atoms with Crippen LogP contribution in [0.5, 0.6) is 0 Å². The molecule has 1 aromatic heterocycles. The highest BCUT2D eigenvalue weighted by Gasteiger charge is 2.11. The van der Waals surface area contributed by atoms with E-state index in [1.165, 1.54) is 14.7 Å². The largest absolute Gasteiger partial charge is 0.324 e. The number of hydrogen-bond donors (Lipinski definition) is 1. The van der Waals surface area contributed by atoms with Crippen molar-refractivity contribution in [2.45, 2.75) is 19.4 Å². The maximum Gasteiger partial charge on any atom is 0.0451 e. The van der Waals surface area contributed by atoms with Crippen LogP contribution in [0.1, 0.15) is 22.9 Å². The topological polar surface area (TPSA) is 38.9 Å². The van der Waals surface area contributed by atoms with Crippen molar-refractivity contribution < 1.29 is 0 Å². The average molecular weight is 338 g/mol. The van der Waals surface area contributed by atoms with Crippen molar-refractivity contribution in [1.29, 1.82) is 0 Å². The fraction of sp³-hybridized carbons (Fsp3) is 0.214. The Labute approximate surface area is 115 Å². The minimum Gasteiger partial charge on any atom is -0.324 e. The van der Waals surface area contributed by atoms with Gasteiger partial charge in [-0.05, 0) is 52.8 Å². The zero-order valence-corrected chi connectivity index (χ0v) is 11.9. The molecule has 0 amide bonds. The molecule has 0 saturated carbocycles. The van der Waals surface area contributed by atoms with Crippen LogP contribution in [-0.4, -0.2) is 4.98 Å². The van der Waals surface area contributed by atoms with E-state index < -0.39 is 0 Å². The Morgan fingerprint density at radius 2 is 2.00 bits per heavy atom. The fourth-order valence-electron chi connectivity index (χ4n) is 1.83. The van der Waals surface area contributed by atoms with Crippen LogP contribution in [-0.2, 0) is 6.42 Å². The summed E-state index contributed by atoms with van der Waals surface area (Å²) in [5, 5.41) is 0. The normalized spacial score (nSPS) is 12.4. The summed E-state index contributed by atoms with van der Waals surface area (Å²) in [4.78, 5) is 4.39. The van der Waals surface area contributed by atoms with E-state index in [2.05, 4.69) is 52.7 Å². The van der Waals surface area contributed by atoms with Crippen molar-refractivity contribution in [3.05, 3.63) is 63.0 Å². The summed E-state index contributed by atoms with van der Waals surface area (Å²) in [6.45, 7) is 2.07. The lowest BCUT2D eigenvalue weighted by Gasteiger charge is -2.14. The van der Waals surface area contributed by atoms with Gasteiger partial charge in [-0.2, -0.15) is 0 Å². The highest BCUT2D eigenvalue weighted by molar-refractivity contribution is 14.1. The van der Waals surface area contributed by atoms with Crippen molar-refractivity contribution in [3.63, 3.8) is 0 Å². The maximum absolute atomic E-state index is 6.25. The van der Waals surface area contributed by atoms with Crippen LogP contribution >= 0.6 is 22.6 Å². The molecule has 17 heavy (non-hydrogen) atoms. The number of aryl methyl sites for hydroxylation is 1. The van der Waals surface area contributed by atoms with Crippen LogP contribution in [0.3, 0.4) is 0 Å². The predicted octanol–water partition coefficient (Wildman–Crippen LogP) is 3.24. The molecule has 2 aromatic rings. The highest BCUT2D eigenvalue weighted by atomic mass is 127. The number of nitrogens with two attached hydrogens (primary N) is 1. The van der Waals surface area contributed by atoms with Gasteiger partial charge in [0.25, 0.3) is 0 Å². The van der Waals surface area contributed by atoms with Crippen LogP contribution in [0.15, 0.2) is 42.6 Å². The van der Waals surface area contributed by atoms with Crippen molar-refractivity contribution in [2.24, 2.45) is 5.73 Å². The number of halogens is 1. The van der Waals surface area contributed by atoms with Crippen molar-refractivity contribution in [2.75, 3.05) is 0 Å². The van der Waals surface area contributed by atoms with Crippen LogP contribution in [0.25, 0.3) is 0 Å². The third kappa shape index (κ3) is 3.04. The Morgan fingerprint density at radius 3 is 2.71 bits per heavy atom. The monoisotopic (exact) mass is 338 g/mol. The summed E-state index contributed by atoms with van der Waals surface area (Å²) in [7, 11) is 0. The minimum absolute atomic E-state index is 0.0108. The van der Waals surface area contributed by atoms with E-state index in [0.717, 1.165) is 12.1 Å². The highest BCUT2D eigenvalue weighted by Crippen LogP contribution is 2.21. The Kier molecular flexibility index (Phi) is 4.12. The molecule has 0 aliphatic heterocycles. The van der Waals surface area contributed by atoms with E-state index in [-0.39, 0.29) is 6.04 Å². The predicted molar refractivity (Wildman–Crippen MR) is 78.8 cm³/mol. The summed E-state index contributed by atoms with van der Waals surface area (Å²) in [6, 6.07) is 12.3. The van der Waals surface area contributed by atoms with Crippen molar-refractivity contribution >= 4 is 22.6 Å². The summed E-state index contributed by atoms with van der Waals surface area (Å²) < 4.78 is 1.21. The molecule has 2 N–H and O–H groups in total. The summed E-state index contributed by atoms with van der Waals surface area (Å²) in [6.07, 6.45) is 2.61. The van der Waals surface area contributed by atoms with Gasteiger partial charge in [0.05, 0.1) is 0 Å². The molecule has 0 bridgehead atoms. The molecule has 2 nitrogen and oxygen atoms in total. The first-order valence-electron chi connectivity index (χ1n) is 5.59. The first-order valence-corrected chi connectivity index (χ1v) is 6.67. The van der Waals surface area contributed by atoms with Gasteiger partial charge in [0.15, 0.2) is 0 Å². The fourth-order valence-corrected chi connectivity index (χ4v) is 2.61. The average Bonchev–Trinajstić information content (AvgIpc) is 2.32. The van der Waals surface area contributed by atoms with Crippen molar-refractivity contribution in [3.8, 4) is 0 Å². The van der Waals surface area contributed by atoms with E-state index >= 15 is 0 Å². The second-order valence-corrected chi connectivity index (χ2v) is 5.26. The van der Waals surface area contributed by atoms with Gasteiger partial charge in [-0.1, -0.05) is 24.3 Å². The standard InChI is InChI=1S/C14H15IN2/c1-10-5-4-8-17-14(10)9-13(16)11-6-2-3-7-12(11)15/h2-8,13H,9,16H2,1H3. The lowest BCUT2D eigenvalue weighted by molar-refractivity contribution is 0.699. The Hall–Kier alpha value is -0.940. The number of aromatic nitrogens is 1. The molecule has 0 radical (unpaired) electrons. The molecule has 0 fully saturated rings. The number of nitrogens with zero attached hydrogens (tertiary/aromatic N) is 1. The second kappa shape index (κ2) is 5.60. The van der Waals surface area contributed by atoms with Gasteiger partial charge in [0.2, 0.25) is 0 Å². The molecule has 1 unspecified atom stereocenters. The van der Waals surface area contributed by atoms with Gasteiger partial charge in [0, 0.05) is 27.9 Å². The third-order valence-corrected chi connectivity index (χ3v) is 3.82. The lowest BCUT2D eigenvalue weighted by atomic mass is 10.0.